The van der Waals surface area contributed by atoms with E-state index >= 15 is 0 Å². The summed E-state index contributed by atoms with van der Waals surface area (Å²) in [7, 11) is -3.37. The molecule has 2 aromatic heterocycles. The molecule has 34 heavy (non-hydrogen) atoms. The van der Waals surface area contributed by atoms with Crippen molar-refractivity contribution < 1.29 is 12.8 Å². The number of H-pyrrole nitrogens is 1. The van der Waals surface area contributed by atoms with E-state index in [4.69, 9.17) is 16.6 Å². The molecule has 176 valence electrons. The topological polar surface area (TPSA) is 103 Å². The van der Waals surface area contributed by atoms with Gasteiger partial charge in [-0.2, -0.15) is 5.10 Å². The van der Waals surface area contributed by atoms with Gasteiger partial charge in [-0.05, 0) is 31.0 Å². The van der Waals surface area contributed by atoms with Crippen LogP contribution in [0, 0.1) is 5.82 Å². The molecule has 1 saturated heterocycles. The minimum Gasteiger partial charge on any atom is -0.326 e. The van der Waals surface area contributed by atoms with Crippen molar-refractivity contribution in [2.24, 2.45) is 4.99 Å². The number of rotatable bonds is 6. The second-order valence-electron chi connectivity index (χ2n) is 8.55. The Morgan fingerprint density at radius 3 is 2.79 bits per heavy atom. The largest absolute Gasteiger partial charge is 0.326 e. The molecule has 8 nitrogen and oxygen atoms in total. The molecule has 0 spiro atoms. The molecule has 1 aliphatic carbocycles. The van der Waals surface area contributed by atoms with Crippen molar-refractivity contribution in [1.82, 2.24) is 24.8 Å². The van der Waals surface area contributed by atoms with E-state index in [2.05, 4.69) is 19.9 Å². The lowest BCUT2D eigenvalue weighted by Gasteiger charge is -2.32. The minimum absolute atomic E-state index is 0.262. The molecule has 12 heteroatoms. The summed E-state index contributed by atoms with van der Waals surface area (Å²) in [6.07, 6.45) is 5.29. The number of nitrogens with one attached hydrogen (secondary N) is 2. The Morgan fingerprint density at radius 2 is 2.12 bits per heavy atom. The predicted octanol–water partition coefficient (Wildman–Crippen LogP) is 3.73. The smallest absolute Gasteiger partial charge is 0.214 e. The van der Waals surface area contributed by atoms with Crippen LogP contribution >= 0.6 is 22.9 Å². The summed E-state index contributed by atoms with van der Waals surface area (Å²) in [4.78, 5) is 11.5. The summed E-state index contributed by atoms with van der Waals surface area (Å²) < 4.78 is 42.1. The van der Waals surface area contributed by atoms with Gasteiger partial charge in [0.25, 0.3) is 0 Å². The van der Waals surface area contributed by atoms with Crippen LogP contribution in [0.15, 0.2) is 52.7 Å². The normalized spacial score (nSPS) is 22.8. The average molecular weight is 519 g/mol. The highest BCUT2D eigenvalue weighted by Gasteiger charge is 2.44. The van der Waals surface area contributed by atoms with E-state index in [9.17, 15) is 12.8 Å². The Morgan fingerprint density at radius 1 is 1.26 bits per heavy atom. The van der Waals surface area contributed by atoms with Crippen LogP contribution in [-0.4, -0.2) is 52.2 Å². The molecule has 2 fully saturated rings. The maximum Gasteiger partial charge on any atom is 0.214 e. The van der Waals surface area contributed by atoms with Crippen LogP contribution < -0.4 is 4.72 Å². The van der Waals surface area contributed by atoms with Gasteiger partial charge in [-0.25, -0.2) is 22.5 Å². The maximum absolute atomic E-state index is 13.8. The quantitative estimate of drug-likeness (QED) is 0.517. The maximum atomic E-state index is 13.8. The third kappa shape index (κ3) is 3.86. The first kappa shape index (κ1) is 21.9. The number of aromatic nitrogens is 3. The lowest BCUT2D eigenvalue weighted by molar-refractivity contribution is 0.517. The molecule has 2 atom stereocenters. The van der Waals surface area contributed by atoms with Crippen molar-refractivity contribution in [3.63, 3.8) is 0 Å². The van der Waals surface area contributed by atoms with Gasteiger partial charge in [-0.1, -0.05) is 17.7 Å². The first-order chi connectivity index (χ1) is 16.4. The fourth-order valence-electron chi connectivity index (χ4n) is 4.56. The third-order valence-corrected chi connectivity index (χ3v) is 9.32. The molecule has 0 unspecified atom stereocenters. The average Bonchev–Trinajstić information content (AvgIpc) is 3.17. The van der Waals surface area contributed by atoms with E-state index in [-0.39, 0.29) is 16.3 Å². The van der Waals surface area contributed by atoms with Crippen LogP contribution in [0.3, 0.4) is 0 Å². The van der Waals surface area contributed by atoms with Crippen LogP contribution in [0.1, 0.15) is 41.6 Å². The first-order valence-electron chi connectivity index (χ1n) is 10.8. The number of hydrogen-bond donors (Lipinski definition) is 2. The van der Waals surface area contributed by atoms with E-state index < -0.39 is 21.9 Å². The van der Waals surface area contributed by atoms with Crippen LogP contribution in [0.2, 0.25) is 5.02 Å². The van der Waals surface area contributed by atoms with E-state index in [0.717, 1.165) is 11.3 Å². The number of sulfonamides is 1. The van der Waals surface area contributed by atoms with Gasteiger partial charge in [0.2, 0.25) is 10.0 Å². The lowest BCUT2D eigenvalue weighted by Crippen LogP contribution is -2.40. The van der Waals surface area contributed by atoms with Gasteiger partial charge in [-0.15, -0.1) is 11.3 Å². The molecule has 1 aromatic carbocycles. The Hall–Kier alpha value is -2.60. The monoisotopic (exact) mass is 518 g/mol. The Bertz CT molecular complexity index is 1400. The number of benzene rings is 1. The molecule has 0 amide bonds. The molecule has 0 bridgehead atoms. The second kappa shape index (κ2) is 8.26. The van der Waals surface area contributed by atoms with Crippen molar-refractivity contribution in [1.29, 1.82) is 0 Å². The molecule has 0 radical (unpaired) electrons. The number of halogens is 2. The standard InChI is InChI=1S/C22H20ClFN6O2S2/c23-16-9-12(24)1-4-15(16)20-19(17-5-6-26-28-17)18-10-13(29-34(31,32)14-2-3-14)11-30(18)21(27-20)22-25-7-8-33-22/h1,4-9,13-14,20,29H,2-3,10-11H2,(H,26,28)/t13-,20-/m0/s1. The number of aliphatic imine (C=N–C) groups is 1. The zero-order valence-electron chi connectivity index (χ0n) is 17.8. The van der Waals surface area contributed by atoms with E-state index in [1.165, 1.54) is 23.5 Å². The van der Waals surface area contributed by atoms with E-state index in [1.54, 1.807) is 18.5 Å². The van der Waals surface area contributed by atoms with Crippen LogP contribution in [0.4, 0.5) is 4.39 Å². The summed E-state index contributed by atoms with van der Waals surface area (Å²) in [5, 5.41) is 9.79. The molecule has 6 rings (SSSR count). The first-order valence-corrected chi connectivity index (χ1v) is 13.7. The summed E-state index contributed by atoms with van der Waals surface area (Å²) in [5.41, 5.74) is 3.03. The van der Waals surface area contributed by atoms with Crippen molar-refractivity contribution in [3.05, 3.63) is 74.8 Å². The van der Waals surface area contributed by atoms with Gasteiger partial charge in [0.15, 0.2) is 10.8 Å². The zero-order chi connectivity index (χ0) is 23.4. The number of hydrogen-bond acceptors (Lipinski definition) is 7. The van der Waals surface area contributed by atoms with Gasteiger partial charge in [-0.3, -0.25) is 10.1 Å². The van der Waals surface area contributed by atoms with Crippen molar-refractivity contribution in [2.75, 3.05) is 6.54 Å². The summed E-state index contributed by atoms with van der Waals surface area (Å²) in [5.74, 6) is 0.211. The highest BCUT2D eigenvalue weighted by Crippen LogP contribution is 2.46. The van der Waals surface area contributed by atoms with Gasteiger partial charge >= 0.3 is 0 Å². The van der Waals surface area contributed by atoms with Crippen molar-refractivity contribution in [2.45, 2.75) is 36.6 Å². The summed E-state index contributed by atoms with van der Waals surface area (Å²) in [6.45, 7) is 0.428. The highest BCUT2D eigenvalue weighted by atomic mass is 35.5. The highest BCUT2D eigenvalue weighted by molar-refractivity contribution is 7.90. The summed E-state index contributed by atoms with van der Waals surface area (Å²) in [6, 6.07) is 5.24. The zero-order valence-corrected chi connectivity index (χ0v) is 20.2. The molecule has 3 aliphatic rings. The van der Waals surface area contributed by atoms with E-state index in [1.807, 2.05) is 16.3 Å². The fraction of sp³-hybridized carbons (Fsp3) is 0.318. The molecular weight excluding hydrogens is 499 g/mol. The Kier molecular flexibility index (Phi) is 5.32. The molecule has 2 N–H and O–H groups in total. The van der Waals surface area contributed by atoms with Gasteiger partial charge in [0.1, 0.15) is 11.9 Å². The second-order valence-corrected chi connectivity index (χ2v) is 11.8. The molecular formula is C22H20ClFN6O2S2. The lowest BCUT2D eigenvalue weighted by atomic mass is 9.92. The van der Waals surface area contributed by atoms with Crippen molar-refractivity contribution in [3.8, 4) is 0 Å². The van der Waals surface area contributed by atoms with Gasteiger partial charge in [0, 0.05) is 58.6 Å². The Labute approximate surface area is 204 Å². The number of amidine groups is 1. The molecule has 3 aromatic rings. The van der Waals surface area contributed by atoms with Gasteiger partial charge in [0.05, 0.1) is 10.9 Å². The van der Waals surface area contributed by atoms with Crippen LogP contribution in [-0.2, 0) is 10.0 Å². The van der Waals surface area contributed by atoms with Crippen molar-refractivity contribution >= 4 is 44.4 Å². The third-order valence-electron chi connectivity index (χ3n) is 6.21. The SMILES string of the molecule is O=S(=O)(N[C@H]1CC2=C(c3cc[nH]n3)[C@H](c3ccc(F)cc3Cl)N=C(c3nccs3)N2C1)C1CC1. The molecule has 4 heterocycles. The van der Waals surface area contributed by atoms with Crippen LogP contribution in [0.25, 0.3) is 5.57 Å². The summed E-state index contributed by atoms with van der Waals surface area (Å²) >= 11 is 7.93. The van der Waals surface area contributed by atoms with Crippen LogP contribution in [0.5, 0.6) is 0 Å². The fourth-order valence-corrected chi connectivity index (χ4v) is 7.04. The van der Waals surface area contributed by atoms with E-state index in [0.29, 0.717) is 47.9 Å². The molecule has 1 saturated carbocycles. The number of nitrogens with zero attached hydrogens (tertiary/aromatic N) is 4. The predicted molar refractivity (Wildman–Crippen MR) is 128 cm³/mol. The number of aromatic amines is 1. The molecule has 2 aliphatic heterocycles. The number of fused-ring (bicyclic) bond motifs is 1. The number of thiazole rings is 1. The Balaban J connectivity index is 1.50. The minimum atomic E-state index is -3.37. The van der Waals surface area contributed by atoms with Gasteiger partial charge < -0.3 is 4.90 Å².